The second-order valence-electron chi connectivity index (χ2n) is 25.2. The van der Waals surface area contributed by atoms with E-state index in [0.29, 0.717) is 141 Å². The van der Waals surface area contributed by atoms with E-state index in [1.54, 1.807) is 122 Å². The molecule has 36 heteroatoms. The lowest BCUT2D eigenvalue weighted by Gasteiger charge is -2.31. The molecule has 13 aromatic heterocycles. The van der Waals surface area contributed by atoms with Gasteiger partial charge in [-0.25, -0.2) is 52.2 Å². The second kappa shape index (κ2) is 30.9. The van der Waals surface area contributed by atoms with Crippen molar-refractivity contribution < 1.29 is 69.5 Å². The van der Waals surface area contributed by atoms with Gasteiger partial charge in [-0.15, -0.1) is 49.3 Å². The van der Waals surface area contributed by atoms with Gasteiger partial charge in [0.1, 0.15) is 98.2 Å². The average Bonchev–Trinajstić information content (AvgIpc) is 1.63. The summed E-state index contributed by atoms with van der Waals surface area (Å²) in [5.41, 5.74) is 8.83. The highest BCUT2D eigenvalue weighted by Crippen LogP contribution is 2.43. The molecule has 0 radical (unpaired) electrons. The van der Waals surface area contributed by atoms with Crippen LogP contribution in [0.4, 0.5) is 13.9 Å². The van der Waals surface area contributed by atoms with E-state index in [2.05, 4.69) is 45.2 Å². The van der Waals surface area contributed by atoms with E-state index in [9.17, 15) is 13.6 Å². The van der Waals surface area contributed by atoms with Crippen molar-refractivity contribution in [1.82, 2.24) is 68.6 Å². The summed E-state index contributed by atoms with van der Waals surface area (Å²) in [4.78, 5) is 50.6. The molecule has 0 atom stereocenters. The van der Waals surface area contributed by atoms with Crippen LogP contribution in [-0.4, -0.2) is 149 Å². The Morgan fingerprint density at radius 3 is 1.32 bits per heavy atom. The molecule has 17 aromatic rings. The standard InChI is InChI=1S/C29H25N5O5S2.C23H21F2N5O4S2.C23H17N5O4S2/c1-36-20-11-23(21-13-25(39-24(21)12-20)22-14-34-28(31-22)41-29(32-34)37-2)38-15-19-16-40-26(30-19)17-5-7-18(8-6-17)27(35)33-9-3-4-10-33;1-31-14-7-17(33-11-13-12-35-20(26-13)29-5-3-23(24,25)4-6-29)15-9-19(34-18(15)8-14)16-10-30-21(27-16)36-22(28-30)32-2;1-29-15-6-18(31-11-14-12-33-21(25-14)13-4-3-5-24-9-13)16-8-20(32-19(16)7-15)17-10-28-22(26-17)34-23(27-28)30-2/h5-8,11-14,16H,3-4,9-10,15H2,1-2H3;7-10,12H,3-6,11H2,1-2H3;3-10,12H,11H2,1-2H3. The number of benzene rings is 4. The van der Waals surface area contributed by atoms with Crippen molar-refractivity contribution in [2.24, 2.45) is 0 Å². The number of amides is 1. The molecule has 0 aliphatic carbocycles. The molecule has 28 nitrogen and oxygen atoms in total. The molecule has 2 aliphatic rings. The number of furan rings is 3. The van der Waals surface area contributed by atoms with Crippen LogP contribution in [0.1, 0.15) is 53.1 Å². The van der Waals surface area contributed by atoms with Gasteiger partial charge >= 0.3 is 0 Å². The average molecular weight is 1610 g/mol. The first-order valence-corrected chi connectivity index (χ1v) is 39.5. The van der Waals surface area contributed by atoms with Crippen LogP contribution >= 0.6 is 68.0 Å². The van der Waals surface area contributed by atoms with E-state index in [-0.39, 0.29) is 32.0 Å². The number of likely N-dealkylation sites (tertiary alicyclic amines) is 1. The molecule has 15 heterocycles. The molecule has 0 spiro atoms. The molecule has 0 bridgehead atoms. The third-order valence-electron chi connectivity index (χ3n) is 18.0. The fourth-order valence-electron chi connectivity index (χ4n) is 12.3. The number of halogens is 2. The summed E-state index contributed by atoms with van der Waals surface area (Å²) in [5.74, 6) is 2.96. The SMILES string of the molecule is COc1cc(OCc2csc(-c3ccc(C(=O)N4CCCC4)cc3)n2)c2cc(-c3cn4nc(OC)sc4n3)oc2c1.COc1cc(OCc2csc(-c3cccnc3)n2)c2cc(-c3cn4nc(OC)sc4n3)oc2c1.COc1cc(OCc2csc(N3CCC(F)(F)CC3)n2)c2cc(-c3cn4nc(OC)sc4n3)oc2c1. The van der Waals surface area contributed by atoms with Crippen LogP contribution in [0.2, 0.25) is 0 Å². The summed E-state index contributed by atoms with van der Waals surface area (Å²) < 4.78 is 101. The van der Waals surface area contributed by atoms with Crippen LogP contribution in [0, 0.1) is 0 Å². The van der Waals surface area contributed by atoms with E-state index in [1.807, 2.05) is 105 Å². The zero-order valence-corrected chi connectivity index (χ0v) is 64.7. The Labute approximate surface area is 652 Å². The molecular weight excluding hydrogens is 1550 g/mol. The van der Waals surface area contributed by atoms with Crippen molar-refractivity contribution in [3.8, 4) is 106 Å². The lowest BCUT2D eigenvalue weighted by molar-refractivity contribution is -0.0220. The van der Waals surface area contributed by atoms with Gasteiger partial charge in [-0.05, 0) is 89.3 Å². The lowest BCUT2D eigenvalue weighted by Crippen LogP contribution is -2.39. The number of hydrogen-bond donors (Lipinski definition) is 0. The molecule has 19 rings (SSSR count). The fourth-order valence-corrected chi connectivity index (χ4v) is 16.9. The monoisotopic (exact) mass is 1610 g/mol. The van der Waals surface area contributed by atoms with E-state index < -0.39 is 5.92 Å². The second-order valence-corrected chi connectivity index (χ2v) is 30.5. The number of ether oxygens (including phenoxy) is 9. The number of alkyl halides is 2. The first-order chi connectivity index (χ1) is 54.2. The summed E-state index contributed by atoms with van der Waals surface area (Å²) in [5, 5.41) is 25.3. The van der Waals surface area contributed by atoms with Crippen molar-refractivity contribution in [3.05, 3.63) is 161 Å². The van der Waals surface area contributed by atoms with Gasteiger partial charge in [0, 0.05) is 121 Å². The van der Waals surface area contributed by atoms with Crippen molar-refractivity contribution in [1.29, 1.82) is 0 Å². The number of hydrogen-bond acceptors (Lipinski definition) is 30. The van der Waals surface area contributed by atoms with Crippen molar-refractivity contribution in [2.75, 3.05) is 73.7 Å². The van der Waals surface area contributed by atoms with Crippen LogP contribution in [0.15, 0.2) is 151 Å². The molecule has 0 unspecified atom stereocenters. The third kappa shape index (κ3) is 15.4. The molecule has 1 amide bonds. The van der Waals surface area contributed by atoms with Crippen LogP contribution < -0.4 is 47.5 Å². The normalized spacial score (nSPS) is 13.5. The predicted octanol–water partition coefficient (Wildman–Crippen LogP) is 17.0. The van der Waals surface area contributed by atoms with E-state index in [0.717, 1.165) is 85.4 Å². The highest BCUT2D eigenvalue weighted by Gasteiger charge is 2.35. The Balaban J connectivity index is 0.000000122. The lowest BCUT2D eigenvalue weighted by atomic mass is 10.1. The number of methoxy groups -OCH3 is 6. The van der Waals surface area contributed by atoms with Crippen molar-refractivity contribution in [2.45, 2.75) is 51.4 Å². The maximum atomic E-state index is 13.5. The first-order valence-electron chi connectivity index (χ1n) is 34.4. The fraction of sp³-hybridized carbons (Fsp3) is 0.240. The molecule has 566 valence electrons. The van der Waals surface area contributed by atoms with Gasteiger partial charge in [-0.3, -0.25) is 9.78 Å². The molecular formula is C75H63F2N15O13S6. The Morgan fingerprint density at radius 2 is 0.910 bits per heavy atom. The van der Waals surface area contributed by atoms with Gasteiger partial charge in [0.2, 0.25) is 14.9 Å². The number of carbonyl (C=O) groups is 1. The Bertz CT molecular complexity index is 6080. The summed E-state index contributed by atoms with van der Waals surface area (Å²) in [6, 6.07) is 28.2. The van der Waals surface area contributed by atoms with Crippen molar-refractivity contribution in [3.63, 3.8) is 0 Å². The number of rotatable bonds is 22. The van der Waals surface area contributed by atoms with Crippen LogP contribution in [-0.2, 0) is 19.8 Å². The maximum Gasteiger partial charge on any atom is 0.294 e. The highest BCUT2D eigenvalue weighted by atomic mass is 32.1. The number of nitrogens with zero attached hydrogens (tertiary/aromatic N) is 15. The number of anilines is 1. The number of piperidine rings is 1. The summed E-state index contributed by atoms with van der Waals surface area (Å²) >= 11 is 8.57. The minimum Gasteiger partial charge on any atom is -0.496 e. The topological polar surface area (TPSA) is 288 Å². The Hall–Kier alpha value is -11.8. The van der Waals surface area contributed by atoms with Gasteiger partial charge in [0.15, 0.2) is 22.4 Å². The van der Waals surface area contributed by atoms with Gasteiger partial charge in [0.25, 0.3) is 27.4 Å². The smallest absolute Gasteiger partial charge is 0.294 e. The minimum atomic E-state index is -2.59. The molecule has 2 saturated heterocycles. The predicted molar refractivity (Wildman–Crippen MR) is 417 cm³/mol. The van der Waals surface area contributed by atoms with E-state index >= 15 is 0 Å². The van der Waals surface area contributed by atoms with Crippen LogP contribution in [0.5, 0.6) is 50.1 Å². The maximum absolute atomic E-state index is 13.5. The van der Waals surface area contributed by atoms with Crippen LogP contribution in [0.25, 0.3) is 103 Å². The molecule has 0 N–H and O–H groups in total. The van der Waals surface area contributed by atoms with E-state index in [4.69, 9.17) is 60.9 Å². The summed E-state index contributed by atoms with van der Waals surface area (Å²) in [6.45, 7) is 3.06. The molecule has 2 fully saturated rings. The number of fused-ring (bicyclic) bond motifs is 6. The zero-order valence-electron chi connectivity index (χ0n) is 59.8. The number of imidazole rings is 3. The largest absolute Gasteiger partial charge is 0.496 e. The minimum absolute atomic E-state index is 0.0962. The number of thiazole rings is 3. The van der Waals surface area contributed by atoms with Gasteiger partial charge in [0.05, 0.1) is 94.5 Å². The Morgan fingerprint density at radius 1 is 0.486 bits per heavy atom. The van der Waals surface area contributed by atoms with E-state index in [1.165, 1.54) is 45.3 Å². The van der Waals surface area contributed by atoms with Gasteiger partial charge in [-0.2, -0.15) is 0 Å². The van der Waals surface area contributed by atoms with Gasteiger partial charge in [-0.1, -0.05) is 12.1 Å². The molecule has 0 saturated carbocycles. The number of pyridine rings is 1. The molecule has 111 heavy (non-hydrogen) atoms. The summed E-state index contributed by atoms with van der Waals surface area (Å²) in [6.07, 6.45) is 10.8. The van der Waals surface area contributed by atoms with Crippen molar-refractivity contribution >= 4 is 127 Å². The quantitative estimate of drug-likeness (QED) is 0.0609. The molecule has 4 aromatic carbocycles. The summed E-state index contributed by atoms with van der Waals surface area (Å²) in [7, 11) is 9.52. The number of carbonyl (C=O) groups excluding carboxylic acids is 1. The first kappa shape index (κ1) is 72.1. The van der Waals surface area contributed by atoms with Crippen LogP contribution in [0.3, 0.4) is 0 Å². The zero-order chi connectivity index (χ0) is 75.9. The third-order valence-corrected chi connectivity index (χ3v) is 23.5. The Kier molecular flexibility index (Phi) is 20.1. The number of aromatic nitrogens is 13. The van der Waals surface area contributed by atoms with Gasteiger partial charge < -0.3 is 65.7 Å². The molecule has 2 aliphatic heterocycles. The highest BCUT2D eigenvalue weighted by molar-refractivity contribution is 7.19.